The van der Waals surface area contributed by atoms with Gasteiger partial charge in [0.25, 0.3) is 15.9 Å². The molecular weight excluding hydrogens is 422 g/mol. The van der Waals surface area contributed by atoms with Crippen LogP contribution in [0.2, 0.25) is 5.02 Å². The highest BCUT2D eigenvalue weighted by molar-refractivity contribution is 7.89. The third kappa shape index (κ3) is 4.75. The number of sulfonamides is 1. The number of hydrogen-bond donors (Lipinski definition) is 1. The topological polar surface area (TPSA) is 89.8 Å². The molecule has 0 saturated heterocycles. The molecule has 0 aliphatic carbocycles. The summed E-state index contributed by atoms with van der Waals surface area (Å²) < 4.78 is 25.5. The Balaban J connectivity index is 1.84. The first-order valence-electron chi connectivity index (χ1n) is 8.02. The lowest BCUT2D eigenvalue weighted by Crippen LogP contribution is -2.22. The SMILES string of the molecule is CONS(=O)(=O)c1ccc(C(=O)N=c2sccn2Cc2ccccc2Cl)cc1. The third-order valence-electron chi connectivity index (χ3n) is 3.76. The van der Waals surface area contributed by atoms with Gasteiger partial charge in [-0.2, -0.15) is 4.99 Å². The van der Waals surface area contributed by atoms with Crippen LogP contribution >= 0.6 is 22.9 Å². The van der Waals surface area contributed by atoms with Crippen molar-refractivity contribution in [3.63, 3.8) is 0 Å². The minimum absolute atomic E-state index is 0.0178. The molecule has 0 bridgehead atoms. The summed E-state index contributed by atoms with van der Waals surface area (Å²) in [5.41, 5.74) is 1.19. The van der Waals surface area contributed by atoms with Crippen molar-refractivity contribution in [2.45, 2.75) is 11.4 Å². The molecule has 1 heterocycles. The molecular formula is C18H16ClN3O4S2. The molecule has 2 aromatic carbocycles. The van der Waals surface area contributed by atoms with Crippen molar-refractivity contribution in [2.24, 2.45) is 4.99 Å². The normalized spacial score (nSPS) is 12.3. The Hall–Kier alpha value is -2.30. The van der Waals surface area contributed by atoms with Gasteiger partial charge in [-0.25, -0.2) is 8.42 Å². The number of nitrogens with one attached hydrogen (secondary N) is 1. The molecule has 146 valence electrons. The summed E-state index contributed by atoms with van der Waals surface area (Å²) in [6.07, 6.45) is 1.83. The first kappa shape index (κ1) is 20.4. The zero-order valence-corrected chi connectivity index (χ0v) is 17.1. The number of carbonyl (C=O) groups is 1. The average molecular weight is 438 g/mol. The van der Waals surface area contributed by atoms with E-state index in [0.29, 0.717) is 16.4 Å². The van der Waals surface area contributed by atoms with E-state index in [1.807, 2.05) is 39.2 Å². The molecule has 0 fully saturated rings. The predicted molar refractivity (Wildman–Crippen MR) is 107 cm³/mol. The van der Waals surface area contributed by atoms with Crippen LogP contribution in [-0.4, -0.2) is 26.0 Å². The van der Waals surface area contributed by atoms with Crippen LogP contribution < -0.4 is 9.69 Å². The molecule has 0 saturated carbocycles. The lowest BCUT2D eigenvalue weighted by Gasteiger charge is -2.06. The van der Waals surface area contributed by atoms with Crippen molar-refractivity contribution in [1.82, 2.24) is 9.45 Å². The third-order valence-corrected chi connectivity index (χ3v) is 6.20. The van der Waals surface area contributed by atoms with Crippen LogP contribution in [0.4, 0.5) is 0 Å². The Morgan fingerprint density at radius 2 is 1.93 bits per heavy atom. The number of hydrogen-bond acceptors (Lipinski definition) is 5. The number of thiazole rings is 1. The number of aromatic nitrogens is 1. The van der Waals surface area contributed by atoms with E-state index >= 15 is 0 Å². The smallest absolute Gasteiger partial charge is 0.279 e. The zero-order valence-electron chi connectivity index (χ0n) is 14.7. The largest absolute Gasteiger partial charge is 0.319 e. The van der Waals surface area contributed by atoms with Crippen molar-refractivity contribution >= 4 is 38.9 Å². The molecule has 3 rings (SSSR count). The van der Waals surface area contributed by atoms with E-state index in [0.717, 1.165) is 5.56 Å². The maximum Gasteiger partial charge on any atom is 0.279 e. The van der Waals surface area contributed by atoms with Crippen LogP contribution in [0, 0.1) is 0 Å². The summed E-state index contributed by atoms with van der Waals surface area (Å²) in [6, 6.07) is 12.9. The van der Waals surface area contributed by atoms with Crippen molar-refractivity contribution in [3.05, 3.63) is 81.1 Å². The summed E-state index contributed by atoms with van der Waals surface area (Å²) in [7, 11) is -2.58. The molecule has 1 aromatic heterocycles. The summed E-state index contributed by atoms with van der Waals surface area (Å²) in [5.74, 6) is -0.473. The molecule has 0 atom stereocenters. The van der Waals surface area contributed by atoms with Gasteiger partial charge in [-0.15, -0.1) is 11.3 Å². The fourth-order valence-electron chi connectivity index (χ4n) is 2.40. The molecule has 10 heteroatoms. The van der Waals surface area contributed by atoms with Crippen molar-refractivity contribution in [2.75, 3.05) is 7.11 Å². The van der Waals surface area contributed by atoms with Gasteiger partial charge in [0.1, 0.15) is 0 Å². The fraction of sp³-hybridized carbons (Fsp3) is 0.111. The van der Waals surface area contributed by atoms with Gasteiger partial charge in [-0.05, 0) is 35.9 Å². The maximum absolute atomic E-state index is 12.5. The monoisotopic (exact) mass is 437 g/mol. The second kappa shape index (κ2) is 8.80. The fourth-order valence-corrected chi connectivity index (χ4v) is 4.13. The van der Waals surface area contributed by atoms with Gasteiger partial charge < -0.3 is 4.57 Å². The molecule has 7 nitrogen and oxygen atoms in total. The minimum atomic E-state index is -3.78. The zero-order chi connectivity index (χ0) is 20.1. The summed E-state index contributed by atoms with van der Waals surface area (Å²) in [4.78, 5) is 23.5. The molecule has 0 unspecified atom stereocenters. The van der Waals surface area contributed by atoms with E-state index in [2.05, 4.69) is 9.83 Å². The van der Waals surface area contributed by atoms with E-state index in [1.165, 1.54) is 42.7 Å². The highest BCUT2D eigenvalue weighted by Gasteiger charge is 2.14. The highest BCUT2D eigenvalue weighted by Crippen LogP contribution is 2.16. The second-order valence-electron chi connectivity index (χ2n) is 5.64. The predicted octanol–water partition coefficient (Wildman–Crippen LogP) is 2.83. The number of carbonyl (C=O) groups excluding carboxylic acids is 1. The number of benzene rings is 2. The number of amides is 1. The van der Waals surface area contributed by atoms with Gasteiger partial charge in [0.05, 0.1) is 18.6 Å². The van der Waals surface area contributed by atoms with Gasteiger partial charge >= 0.3 is 0 Å². The highest BCUT2D eigenvalue weighted by atomic mass is 35.5. The summed E-state index contributed by atoms with van der Waals surface area (Å²) in [5, 5.41) is 2.47. The second-order valence-corrected chi connectivity index (χ2v) is 8.56. The molecule has 28 heavy (non-hydrogen) atoms. The van der Waals surface area contributed by atoms with Crippen LogP contribution in [0.15, 0.2) is 70.0 Å². The van der Waals surface area contributed by atoms with Crippen LogP contribution in [0.25, 0.3) is 0 Å². The van der Waals surface area contributed by atoms with Crippen molar-refractivity contribution in [1.29, 1.82) is 0 Å². The number of rotatable bonds is 6. The van der Waals surface area contributed by atoms with Gasteiger partial charge in [-0.1, -0.05) is 34.7 Å². The molecule has 0 spiro atoms. The molecule has 0 aliphatic heterocycles. The Morgan fingerprint density at radius 3 is 2.61 bits per heavy atom. The lowest BCUT2D eigenvalue weighted by atomic mass is 10.2. The maximum atomic E-state index is 12.5. The van der Waals surface area contributed by atoms with Crippen molar-refractivity contribution < 1.29 is 18.0 Å². The first-order chi connectivity index (χ1) is 13.4. The van der Waals surface area contributed by atoms with E-state index in [9.17, 15) is 13.2 Å². The van der Waals surface area contributed by atoms with E-state index in [1.54, 1.807) is 6.07 Å². The molecule has 3 aromatic rings. The minimum Gasteiger partial charge on any atom is -0.319 e. The average Bonchev–Trinajstić information content (AvgIpc) is 3.10. The van der Waals surface area contributed by atoms with E-state index in [-0.39, 0.29) is 10.5 Å². The van der Waals surface area contributed by atoms with E-state index < -0.39 is 15.9 Å². The number of halogens is 1. The molecule has 1 N–H and O–H groups in total. The van der Waals surface area contributed by atoms with Gasteiger partial charge in [-0.3, -0.25) is 9.63 Å². The Morgan fingerprint density at radius 1 is 1.21 bits per heavy atom. The molecule has 0 radical (unpaired) electrons. The Kier molecular flexibility index (Phi) is 6.42. The van der Waals surface area contributed by atoms with Gasteiger partial charge in [0, 0.05) is 22.2 Å². The van der Waals surface area contributed by atoms with Crippen LogP contribution in [0.1, 0.15) is 15.9 Å². The number of nitrogens with zero attached hydrogens (tertiary/aromatic N) is 2. The Labute approximate surface area is 170 Å². The molecule has 0 aliphatic rings. The Bertz CT molecular complexity index is 1150. The standard InChI is InChI=1S/C18H16ClN3O4S2/c1-26-21-28(24,25)15-8-6-13(7-9-15)17(23)20-18-22(10-11-27-18)12-14-4-2-3-5-16(14)19/h2-11,21H,12H2,1H3. The first-order valence-corrected chi connectivity index (χ1v) is 10.8. The van der Waals surface area contributed by atoms with Gasteiger partial charge in [0.2, 0.25) is 0 Å². The van der Waals surface area contributed by atoms with Crippen LogP contribution in [0.5, 0.6) is 0 Å². The summed E-state index contributed by atoms with van der Waals surface area (Å²) >= 11 is 7.52. The van der Waals surface area contributed by atoms with Gasteiger partial charge in [0.15, 0.2) is 4.80 Å². The van der Waals surface area contributed by atoms with Crippen molar-refractivity contribution in [3.8, 4) is 0 Å². The molecule has 1 amide bonds. The van der Waals surface area contributed by atoms with Crippen LogP contribution in [-0.2, 0) is 21.4 Å². The van der Waals surface area contributed by atoms with Crippen LogP contribution in [0.3, 0.4) is 0 Å². The lowest BCUT2D eigenvalue weighted by molar-refractivity contribution is 0.0997. The quantitative estimate of drug-likeness (QED) is 0.600. The summed E-state index contributed by atoms with van der Waals surface area (Å²) in [6.45, 7) is 0.481. The van der Waals surface area contributed by atoms with E-state index in [4.69, 9.17) is 11.6 Å².